The van der Waals surface area contributed by atoms with E-state index in [1.807, 2.05) is 51.9 Å². The van der Waals surface area contributed by atoms with E-state index in [2.05, 4.69) is 0 Å². The number of carbonyl (C=O) groups is 2. The van der Waals surface area contributed by atoms with Gasteiger partial charge in [-0.1, -0.05) is 12.1 Å². The second-order valence-corrected chi connectivity index (χ2v) is 8.32. The molecule has 1 aliphatic heterocycles. The minimum atomic E-state index is -0.744. The van der Waals surface area contributed by atoms with Crippen LogP contribution < -0.4 is 14.2 Å². The van der Waals surface area contributed by atoms with E-state index in [9.17, 15) is 14.7 Å². The minimum Gasteiger partial charge on any atom is -0.507 e. The molecule has 0 spiro atoms. The van der Waals surface area contributed by atoms with E-state index in [-0.39, 0.29) is 11.3 Å². The molecule has 1 unspecified atom stereocenters. The molecule has 2 aromatic rings. The van der Waals surface area contributed by atoms with Gasteiger partial charge in [-0.2, -0.15) is 0 Å². The zero-order chi connectivity index (χ0) is 25.5. The molecular weight excluding hydrogens is 448 g/mol. The normalized spacial score (nSPS) is 17.2. The van der Waals surface area contributed by atoms with Crippen molar-refractivity contribution in [2.45, 2.75) is 26.8 Å². The fourth-order valence-corrected chi connectivity index (χ4v) is 4.05. The first-order valence-electron chi connectivity index (χ1n) is 11.9. The van der Waals surface area contributed by atoms with Crippen LogP contribution in [0, 0.1) is 0 Å². The van der Waals surface area contributed by atoms with Crippen LogP contribution in [0.25, 0.3) is 5.76 Å². The molecule has 1 N–H and O–H groups in total. The number of hydrogen-bond acceptors (Lipinski definition) is 7. The Labute approximate surface area is 206 Å². The molecule has 1 fully saturated rings. The van der Waals surface area contributed by atoms with Crippen molar-refractivity contribution < 1.29 is 28.9 Å². The van der Waals surface area contributed by atoms with E-state index in [1.54, 1.807) is 30.3 Å². The fourth-order valence-electron chi connectivity index (χ4n) is 4.05. The van der Waals surface area contributed by atoms with Crippen LogP contribution in [0.4, 0.5) is 0 Å². The Morgan fingerprint density at radius 1 is 0.914 bits per heavy atom. The summed E-state index contributed by atoms with van der Waals surface area (Å²) < 4.78 is 16.9. The number of carbonyl (C=O) groups excluding carboxylic acids is 2. The van der Waals surface area contributed by atoms with Crippen LogP contribution in [0.5, 0.6) is 17.2 Å². The summed E-state index contributed by atoms with van der Waals surface area (Å²) in [6.45, 7) is 7.86. The van der Waals surface area contributed by atoms with E-state index in [4.69, 9.17) is 14.2 Å². The zero-order valence-electron chi connectivity index (χ0n) is 21.0. The Hall–Kier alpha value is -3.52. The molecular formula is C27H34N2O6. The van der Waals surface area contributed by atoms with E-state index >= 15 is 0 Å². The van der Waals surface area contributed by atoms with Crippen LogP contribution >= 0.6 is 0 Å². The highest BCUT2D eigenvalue weighted by molar-refractivity contribution is 6.46. The molecule has 1 heterocycles. The molecule has 1 atom stereocenters. The first-order chi connectivity index (χ1) is 16.8. The number of rotatable bonds is 11. The van der Waals surface area contributed by atoms with Crippen LogP contribution in [-0.4, -0.2) is 73.6 Å². The van der Waals surface area contributed by atoms with Crippen molar-refractivity contribution in [3.8, 4) is 17.2 Å². The Morgan fingerprint density at radius 2 is 1.51 bits per heavy atom. The van der Waals surface area contributed by atoms with Gasteiger partial charge in [0.1, 0.15) is 23.0 Å². The summed E-state index contributed by atoms with van der Waals surface area (Å²) in [5.41, 5.74) is 1.07. The number of nitrogens with zero attached hydrogens (tertiary/aromatic N) is 2. The predicted molar refractivity (Wildman–Crippen MR) is 134 cm³/mol. The second kappa shape index (κ2) is 11.8. The Morgan fingerprint density at radius 3 is 2.11 bits per heavy atom. The van der Waals surface area contributed by atoms with Gasteiger partial charge in [-0.15, -0.1) is 0 Å². The molecule has 0 aliphatic carbocycles. The quantitative estimate of drug-likeness (QED) is 0.296. The first kappa shape index (κ1) is 26.1. The predicted octanol–water partition coefficient (Wildman–Crippen LogP) is 3.87. The van der Waals surface area contributed by atoms with Crippen molar-refractivity contribution in [2.24, 2.45) is 0 Å². The molecule has 8 heteroatoms. The van der Waals surface area contributed by atoms with Gasteiger partial charge in [-0.3, -0.25) is 9.59 Å². The van der Waals surface area contributed by atoms with Gasteiger partial charge < -0.3 is 29.1 Å². The van der Waals surface area contributed by atoms with Gasteiger partial charge in [0.25, 0.3) is 11.7 Å². The zero-order valence-corrected chi connectivity index (χ0v) is 21.0. The van der Waals surface area contributed by atoms with Gasteiger partial charge in [-0.05, 0) is 64.7 Å². The van der Waals surface area contributed by atoms with Gasteiger partial charge in [-0.25, -0.2) is 0 Å². The number of hydrogen-bond donors (Lipinski definition) is 1. The lowest BCUT2D eigenvalue weighted by atomic mass is 9.95. The van der Waals surface area contributed by atoms with Gasteiger partial charge in [0, 0.05) is 19.2 Å². The topological polar surface area (TPSA) is 88.5 Å². The van der Waals surface area contributed by atoms with Crippen molar-refractivity contribution in [1.29, 1.82) is 0 Å². The molecule has 1 amide bonds. The van der Waals surface area contributed by atoms with Crippen molar-refractivity contribution in [1.82, 2.24) is 9.80 Å². The summed E-state index contributed by atoms with van der Waals surface area (Å²) in [7, 11) is 3.80. The lowest BCUT2D eigenvalue weighted by Gasteiger charge is -2.27. The van der Waals surface area contributed by atoms with Crippen LogP contribution in [0.2, 0.25) is 0 Å². The number of likely N-dealkylation sites (N-methyl/N-ethyl adjacent to an activating group) is 1. The van der Waals surface area contributed by atoms with Crippen LogP contribution in [-0.2, 0) is 9.59 Å². The SMILES string of the molecule is CCOc1ccc(C2/C(=C(/O)c3ccc(OCC)cc3OCC)C(=O)C(=O)N2CCN(C)C)cc1. The Kier molecular flexibility index (Phi) is 8.76. The highest BCUT2D eigenvalue weighted by atomic mass is 16.5. The van der Waals surface area contributed by atoms with Crippen LogP contribution in [0.3, 0.4) is 0 Å². The Bertz CT molecular complexity index is 1080. The number of ketones is 1. The average Bonchev–Trinajstić information content (AvgIpc) is 3.08. The second-order valence-electron chi connectivity index (χ2n) is 8.32. The third-order valence-electron chi connectivity index (χ3n) is 5.65. The number of amides is 1. The molecule has 0 aromatic heterocycles. The number of aliphatic hydroxyl groups excluding tert-OH is 1. The summed E-state index contributed by atoms with van der Waals surface area (Å²) in [5, 5.41) is 11.4. The average molecular weight is 483 g/mol. The van der Waals surface area contributed by atoms with Crippen molar-refractivity contribution in [3.63, 3.8) is 0 Å². The van der Waals surface area contributed by atoms with Crippen molar-refractivity contribution in [2.75, 3.05) is 47.0 Å². The van der Waals surface area contributed by atoms with E-state index in [0.717, 1.165) is 0 Å². The van der Waals surface area contributed by atoms with E-state index in [0.29, 0.717) is 61.3 Å². The maximum Gasteiger partial charge on any atom is 0.295 e. The molecule has 1 aliphatic rings. The van der Waals surface area contributed by atoms with Crippen LogP contribution in [0.1, 0.15) is 37.9 Å². The number of benzene rings is 2. The van der Waals surface area contributed by atoms with E-state index < -0.39 is 17.7 Å². The number of aliphatic hydroxyl groups is 1. The number of ether oxygens (including phenoxy) is 3. The highest BCUT2D eigenvalue weighted by Gasteiger charge is 2.46. The van der Waals surface area contributed by atoms with Gasteiger partial charge in [0.05, 0.1) is 37.0 Å². The molecule has 35 heavy (non-hydrogen) atoms. The highest BCUT2D eigenvalue weighted by Crippen LogP contribution is 2.41. The first-order valence-corrected chi connectivity index (χ1v) is 11.9. The molecule has 3 rings (SSSR count). The van der Waals surface area contributed by atoms with Gasteiger partial charge in [0.2, 0.25) is 0 Å². The summed E-state index contributed by atoms with van der Waals surface area (Å²) in [6, 6.07) is 11.5. The third kappa shape index (κ3) is 5.77. The molecule has 8 nitrogen and oxygen atoms in total. The molecule has 0 radical (unpaired) electrons. The monoisotopic (exact) mass is 482 g/mol. The van der Waals surface area contributed by atoms with Crippen LogP contribution in [0.15, 0.2) is 48.0 Å². The van der Waals surface area contributed by atoms with Crippen molar-refractivity contribution in [3.05, 3.63) is 59.2 Å². The summed E-state index contributed by atoms with van der Waals surface area (Å²) in [5.74, 6) is 0.00302. The maximum atomic E-state index is 13.3. The molecule has 0 bridgehead atoms. The van der Waals surface area contributed by atoms with Gasteiger partial charge in [0.15, 0.2) is 0 Å². The molecule has 2 aromatic carbocycles. The standard InChI is InChI=1S/C27H34N2O6/c1-6-33-19-11-9-18(10-12-19)24-23(26(31)27(32)29(24)16-15-28(4)5)25(30)21-14-13-20(34-7-2)17-22(21)35-8-3/h9-14,17,24,30H,6-8,15-16H2,1-5H3/b25-23-. The van der Waals surface area contributed by atoms with Crippen molar-refractivity contribution >= 4 is 17.4 Å². The summed E-state index contributed by atoms with van der Waals surface area (Å²) >= 11 is 0. The third-order valence-corrected chi connectivity index (χ3v) is 5.65. The number of likely N-dealkylation sites (tertiary alicyclic amines) is 1. The largest absolute Gasteiger partial charge is 0.507 e. The fraction of sp³-hybridized carbons (Fsp3) is 0.407. The molecule has 1 saturated heterocycles. The van der Waals surface area contributed by atoms with Gasteiger partial charge >= 0.3 is 0 Å². The minimum absolute atomic E-state index is 0.0306. The summed E-state index contributed by atoms with van der Waals surface area (Å²) in [6.07, 6.45) is 0. The number of Topliss-reactive ketones (excluding diaryl/α,β-unsaturated/α-hetero) is 1. The summed E-state index contributed by atoms with van der Waals surface area (Å²) in [4.78, 5) is 29.8. The Balaban J connectivity index is 2.15. The lowest BCUT2D eigenvalue weighted by molar-refractivity contribution is -0.140. The molecule has 188 valence electrons. The molecule has 0 saturated carbocycles. The maximum absolute atomic E-state index is 13.3. The van der Waals surface area contributed by atoms with E-state index in [1.165, 1.54) is 4.90 Å². The lowest BCUT2D eigenvalue weighted by Crippen LogP contribution is -2.35. The smallest absolute Gasteiger partial charge is 0.295 e.